The summed E-state index contributed by atoms with van der Waals surface area (Å²) in [5.41, 5.74) is 1.20. The maximum absolute atomic E-state index is 9.72. The van der Waals surface area contributed by atoms with E-state index in [2.05, 4.69) is 11.9 Å². The Labute approximate surface area is 122 Å². The Morgan fingerprint density at radius 2 is 2.00 bits per heavy atom. The van der Waals surface area contributed by atoms with Crippen molar-refractivity contribution >= 4 is 0 Å². The van der Waals surface area contributed by atoms with E-state index in [1.54, 1.807) is 6.07 Å². The van der Waals surface area contributed by atoms with Crippen LogP contribution >= 0.6 is 0 Å². The zero-order valence-electron chi connectivity index (χ0n) is 12.8. The SMILES string of the molecule is CCOc1cc(CN(C)CC2CCCCC2)ccc1O. The Hall–Kier alpha value is -1.22. The summed E-state index contributed by atoms with van der Waals surface area (Å²) in [6.45, 7) is 4.60. The van der Waals surface area contributed by atoms with Gasteiger partial charge in [0.25, 0.3) is 0 Å². The second-order valence-corrected chi connectivity index (χ2v) is 5.94. The molecule has 3 heteroatoms. The third-order valence-corrected chi connectivity index (χ3v) is 4.07. The van der Waals surface area contributed by atoms with Gasteiger partial charge in [0.2, 0.25) is 0 Å². The summed E-state index contributed by atoms with van der Waals surface area (Å²) >= 11 is 0. The van der Waals surface area contributed by atoms with Crippen LogP contribution in [-0.2, 0) is 6.54 Å². The fourth-order valence-electron chi connectivity index (χ4n) is 3.11. The van der Waals surface area contributed by atoms with Gasteiger partial charge in [0.15, 0.2) is 11.5 Å². The normalized spacial score (nSPS) is 16.6. The first-order chi connectivity index (χ1) is 9.69. The molecule has 0 unspecified atom stereocenters. The molecule has 0 amide bonds. The van der Waals surface area contributed by atoms with Gasteiger partial charge in [-0.15, -0.1) is 0 Å². The van der Waals surface area contributed by atoms with Crippen LogP contribution in [0.4, 0.5) is 0 Å². The van der Waals surface area contributed by atoms with E-state index in [0.29, 0.717) is 12.4 Å². The Morgan fingerprint density at radius 1 is 1.25 bits per heavy atom. The molecule has 0 saturated heterocycles. The molecule has 0 bridgehead atoms. The summed E-state index contributed by atoms with van der Waals surface area (Å²) in [6.07, 6.45) is 6.96. The van der Waals surface area contributed by atoms with Crippen LogP contribution in [0.5, 0.6) is 11.5 Å². The third kappa shape index (κ3) is 4.41. The topological polar surface area (TPSA) is 32.7 Å². The standard InChI is InChI=1S/C17H27NO2/c1-3-20-17-11-15(9-10-16(17)19)13-18(2)12-14-7-5-4-6-8-14/h9-11,14,19H,3-8,12-13H2,1-2H3. The van der Waals surface area contributed by atoms with Gasteiger partial charge in [-0.3, -0.25) is 0 Å². The van der Waals surface area contributed by atoms with Crippen LogP contribution in [0.25, 0.3) is 0 Å². The lowest BCUT2D eigenvalue weighted by molar-refractivity contribution is 0.227. The fraction of sp³-hybridized carbons (Fsp3) is 0.647. The van der Waals surface area contributed by atoms with Crippen LogP contribution in [0.3, 0.4) is 0 Å². The molecule has 112 valence electrons. The molecule has 1 N–H and O–H groups in total. The van der Waals surface area contributed by atoms with E-state index in [-0.39, 0.29) is 5.75 Å². The highest BCUT2D eigenvalue weighted by Gasteiger charge is 2.15. The van der Waals surface area contributed by atoms with Gasteiger partial charge in [0, 0.05) is 13.1 Å². The van der Waals surface area contributed by atoms with E-state index in [9.17, 15) is 5.11 Å². The average Bonchev–Trinajstić information content (AvgIpc) is 2.44. The summed E-state index contributed by atoms with van der Waals surface area (Å²) in [5.74, 6) is 1.68. The zero-order valence-corrected chi connectivity index (χ0v) is 12.8. The van der Waals surface area contributed by atoms with Crippen LogP contribution in [-0.4, -0.2) is 30.2 Å². The van der Waals surface area contributed by atoms with Crippen molar-refractivity contribution in [3.8, 4) is 11.5 Å². The Bertz CT molecular complexity index is 413. The van der Waals surface area contributed by atoms with Crippen molar-refractivity contribution in [3.05, 3.63) is 23.8 Å². The van der Waals surface area contributed by atoms with E-state index < -0.39 is 0 Å². The monoisotopic (exact) mass is 277 g/mol. The molecule has 1 aromatic rings. The summed E-state index contributed by atoms with van der Waals surface area (Å²) in [6, 6.07) is 5.67. The van der Waals surface area contributed by atoms with Crippen molar-refractivity contribution in [1.82, 2.24) is 4.90 Å². The lowest BCUT2D eigenvalue weighted by atomic mass is 9.89. The number of benzene rings is 1. The lowest BCUT2D eigenvalue weighted by Gasteiger charge is -2.27. The molecule has 0 aromatic heterocycles. The number of hydrogen-bond acceptors (Lipinski definition) is 3. The van der Waals surface area contributed by atoms with E-state index in [0.717, 1.165) is 12.5 Å². The highest BCUT2D eigenvalue weighted by atomic mass is 16.5. The molecule has 20 heavy (non-hydrogen) atoms. The van der Waals surface area contributed by atoms with Crippen LogP contribution in [0, 0.1) is 5.92 Å². The van der Waals surface area contributed by atoms with Crippen molar-refractivity contribution in [2.45, 2.75) is 45.6 Å². The molecule has 1 aliphatic carbocycles. The molecular formula is C17H27NO2. The van der Waals surface area contributed by atoms with Crippen molar-refractivity contribution in [2.75, 3.05) is 20.2 Å². The van der Waals surface area contributed by atoms with Gasteiger partial charge in [-0.1, -0.05) is 25.3 Å². The molecule has 0 aliphatic heterocycles. The second kappa shape index (κ2) is 7.53. The number of phenols is 1. The number of phenolic OH excluding ortho intramolecular Hbond substituents is 1. The molecule has 1 fully saturated rings. The first-order valence-electron chi connectivity index (χ1n) is 7.82. The number of hydrogen-bond donors (Lipinski definition) is 1. The number of nitrogens with zero attached hydrogens (tertiary/aromatic N) is 1. The summed E-state index contributed by atoms with van der Waals surface area (Å²) < 4.78 is 5.44. The molecule has 3 nitrogen and oxygen atoms in total. The van der Waals surface area contributed by atoms with Gasteiger partial charge in [0.05, 0.1) is 6.61 Å². The lowest BCUT2D eigenvalue weighted by Crippen LogP contribution is -2.26. The minimum absolute atomic E-state index is 0.227. The third-order valence-electron chi connectivity index (χ3n) is 4.07. The van der Waals surface area contributed by atoms with Gasteiger partial charge in [-0.2, -0.15) is 0 Å². The van der Waals surface area contributed by atoms with Gasteiger partial charge < -0.3 is 14.7 Å². The summed E-state index contributed by atoms with van der Waals surface area (Å²) in [7, 11) is 2.18. The largest absolute Gasteiger partial charge is 0.504 e. The first kappa shape index (κ1) is 15.2. The Kier molecular flexibility index (Phi) is 5.72. The quantitative estimate of drug-likeness (QED) is 0.858. The summed E-state index contributed by atoms with van der Waals surface area (Å²) in [4.78, 5) is 2.39. The molecule has 2 rings (SSSR count). The predicted octanol–water partition coefficient (Wildman–Crippen LogP) is 3.80. The average molecular weight is 277 g/mol. The smallest absolute Gasteiger partial charge is 0.161 e. The molecule has 1 aliphatic rings. The van der Waals surface area contributed by atoms with Gasteiger partial charge in [-0.25, -0.2) is 0 Å². The molecular weight excluding hydrogens is 250 g/mol. The van der Waals surface area contributed by atoms with Gasteiger partial charge in [0.1, 0.15) is 0 Å². The maximum Gasteiger partial charge on any atom is 0.161 e. The van der Waals surface area contributed by atoms with Crippen molar-refractivity contribution in [3.63, 3.8) is 0 Å². The second-order valence-electron chi connectivity index (χ2n) is 5.94. The minimum Gasteiger partial charge on any atom is -0.504 e. The van der Waals surface area contributed by atoms with Crippen LogP contribution < -0.4 is 4.74 Å². The van der Waals surface area contributed by atoms with Gasteiger partial charge >= 0.3 is 0 Å². The van der Waals surface area contributed by atoms with E-state index in [4.69, 9.17) is 4.74 Å². The zero-order chi connectivity index (χ0) is 14.4. The van der Waals surface area contributed by atoms with Crippen molar-refractivity contribution in [2.24, 2.45) is 5.92 Å². The minimum atomic E-state index is 0.227. The number of aromatic hydroxyl groups is 1. The molecule has 0 spiro atoms. The van der Waals surface area contributed by atoms with E-state index >= 15 is 0 Å². The molecule has 0 atom stereocenters. The van der Waals surface area contributed by atoms with Crippen molar-refractivity contribution in [1.29, 1.82) is 0 Å². The molecule has 0 radical (unpaired) electrons. The Balaban J connectivity index is 1.89. The first-order valence-corrected chi connectivity index (χ1v) is 7.82. The summed E-state index contributed by atoms with van der Waals surface area (Å²) in [5, 5.41) is 9.72. The van der Waals surface area contributed by atoms with Crippen LogP contribution in [0.2, 0.25) is 0 Å². The molecule has 0 heterocycles. The Morgan fingerprint density at radius 3 is 2.70 bits per heavy atom. The van der Waals surface area contributed by atoms with Crippen LogP contribution in [0.15, 0.2) is 18.2 Å². The predicted molar refractivity (Wildman–Crippen MR) is 82.2 cm³/mol. The highest BCUT2D eigenvalue weighted by molar-refractivity contribution is 5.41. The molecule has 1 saturated carbocycles. The van der Waals surface area contributed by atoms with Gasteiger partial charge in [-0.05, 0) is 50.4 Å². The highest BCUT2D eigenvalue weighted by Crippen LogP contribution is 2.28. The van der Waals surface area contributed by atoms with Crippen molar-refractivity contribution < 1.29 is 9.84 Å². The molecule has 1 aromatic carbocycles. The van der Waals surface area contributed by atoms with E-state index in [1.165, 1.54) is 44.2 Å². The number of rotatable bonds is 6. The fourth-order valence-corrected chi connectivity index (χ4v) is 3.11. The van der Waals surface area contributed by atoms with E-state index in [1.807, 2.05) is 19.1 Å². The number of ether oxygens (including phenoxy) is 1. The van der Waals surface area contributed by atoms with Crippen LogP contribution in [0.1, 0.15) is 44.6 Å². The maximum atomic E-state index is 9.72.